The fraction of sp³-hybridized carbons (Fsp3) is 0.562. The second kappa shape index (κ2) is 6.25. The summed E-state index contributed by atoms with van der Waals surface area (Å²) in [6, 6.07) is 3.42. The molecule has 1 saturated heterocycles. The molecule has 9 nitrogen and oxygen atoms in total. The number of fused-ring (bicyclic) bond motifs is 1. The van der Waals surface area contributed by atoms with Gasteiger partial charge in [-0.2, -0.15) is 5.10 Å². The van der Waals surface area contributed by atoms with Gasteiger partial charge < -0.3 is 25.4 Å². The van der Waals surface area contributed by atoms with Crippen molar-refractivity contribution in [3.8, 4) is 0 Å². The summed E-state index contributed by atoms with van der Waals surface area (Å²) < 4.78 is 12.5. The van der Waals surface area contributed by atoms with Crippen molar-refractivity contribution in [2.75, 3.05) is 12.3 Å². The van der Waals surface area contributed by atoms with Gasteiger partial charge in [-0.25, -0.2) is 9.50 Å². The van der Waals surface area contributed by atoms with Gasteiger partial charge in [-0.15, -0.1) is 0 Å². The molecule has 0 radical (unpaired) electrons. The molecule has 9 heteroatoms. The number of nitrogen functional groups attached to an aromatic ring is 1. The van der Waals surface area contributed by atoms with E-state index < -0.39 is 29.9 Å². The van der Waals surface area contributed by atoms with Crippen LogP contribution in [0.2, 0.25) is 0 Å². The van der Waals surface area contributed by atoms with Crippen LogP contribution >= 0.6 is 0 Å². The highest BCUT2D eigenvalue weighted by Gasteiger charge is 2.53. The Labute approximate surface area is 144 Å². The number of ether oxygens (including phenoxy) is 2. The lowest BCUT2D eigenvalue weighted by molar-refractivity contribution is -0.155. The molecular weight excluding hydrogens is 328 g/mol. The maximum absolute atomic E-state index is 11.6. The predicted octanol–water partition coefficient (Wildman–Crippen LogP) is -0.153. The first-order valence-electron chi connectivity index (χ1n) is 8.05. The van der Waals surface area contributed by atoms with Crippen molar-refractivity contribution in [3.63, 3.8) is 0 Å². The van der Waals surface area contributed by atoms with E-state index in [0.717, 1.165) is 0 Å². The molecule has 0 bridgehead atoms. The lowest BCUT2D eigenvalue weighted by Gasteiger charge is -2.27. The Morgan fingerprint density at radius 2 is 2.20 bits per heavy atom. The van der Waals surface area contributed by atoms with E-state index in [9.17, 15) is 15.0 Å². The topological polar surface area (TPSA) is 132 Å². The molecule has 0 aliphatic carbocycles. The second-order valence-electron chi connectivity index (χ2n) is 6.64. The van der Waals surface area contributed by atoms with E-state index in [1.807, 2.05) is 0 Å². The van der Waals surface area contributed by atoms with Crippen molar-refractivity contribution in [2.24, 2.45) is 5.92 Å². The van der Waals surface area contributed by atoms with Gasteiger partial charge in [0.2, 0.25) is 0 Å². The normalized spacial score (nSPS) is 29.4. The molecule has 3 heterocycles. The summed E-state index contributed by atoms with van der Waals surface area (Å²) in [7, 11) is 0. The Hall–Kier alpha value is -2.23. The number of aliphatic hydroxyl groups excluding tert-OH is 2. The van der Waals surface area contributed by atoms with Crippen molar-refractivity contribution in [1.29, 1.82) is 0 Å². The number of rotatable bonds is 4. The van der Waals surface area contributed by atoms with Crippen LogP contribution in [0.15, 0.2) is 18.5 Å². The average Bonchev–Trinajstić information content (AvgIpc) is 3.10. The first-order chi connectivity index (χ1) is 11.8. The molecular formula is C16H22N4O5. The van der Waals surface area contributed by atoms with Crippen molar-refractivity contribution in [1.82, 2.24) is 14.6 Å². The van der Waals surface area contributed by atoms with Gasteiger partial charge in [-0.1, -0.05) is 13.8 Å². The van der Waals surface area contributed by atoms with Gasteiger partial charge >= 0.3 is 5.97 Å². The van der Waals surface area contributed by atoms with E-state index in [-0.39, 0.29) is 12.5 Å². The molecule has 1 aliphatic heterocycles. The number of aromatic nitrogens is 3. The van der Waals surface area contributed by atoms with Crippen LogP contribution in [0.1, 0.15) is 26.5 Å². The zero-order valence-corrected chi connectivity index (χ0v) is 14.3. The van der Waals surface area contributed by atoms with E-state index in [0.29, 0.717) is 17.0 Å². The minimum Gasteiger partial charge on any atom is -0.463 e. The SMILES string of the molecule is CC(C)C(=O)OC[C@H]1O[C@@](C)(c2ccc3c(N)ncnn23)[C@H](O)[C@@H]1O. The quantitative estimate of drug-likeness (QED) is 0.648. The number of anilines is 1. The largest absolute Gasteiger partial charge is 0.463 e. The minimum absolute atomic E-state index is 0.148. The molecule has 0 saturated carbocycles. The summed E-state index contributed by atoms with van der Waals surface area (Å²) >= 11 is 0. The predicted molar refractivity (Wildman–Crippen MR) is 87.4 cm³/mol. The second-order valence-corrected chi connectivity index (χ2v) is 6.64. The van der Waals surface area contributed by atoms with Crippen LogP contribution in [-0.4, -0.2) is 55.7 Å². The third kappa shape index (κ3) is 2.84. The van der Waals surface area contributed by atoms with E-state index in [1.54, 1.807) is 32.9 Å². The number of esters is 1. The molecule has 136 valence electrons. The maximum atomic E-state index is 11.6. The van der Waals surface area contributed by atoms with E-state index in [4.69, 9.17) is 15.2 Å². The van der Waals surface area contributed by atoms with Crippen LogP contribution in [0.25, 0.3) is 5.52 Å². The van der Waals surface area contributed by atoms with Crippen LogP contribution in [0.3, 0.4) is 0 Å². The highest BCUT2D eigenvalue weighted by atomic mass is 16.6. The number of nitrogens with zero attached hydrogens (tertiary/aromatic N) is 3. The van der Waals surface area contributed by atoms with Crippen molar-refractivity contribution in [2.45, 2.75) is 44.7 Å². The van der Waals surface area contributed by atoms with Crippen molar-refractivity contribution in [3.05, 3.63) is 24.2 Å². The summed E-state index contributed by atoms with van der Waals surface area (Å²) in [6.07, 6.45) is -2.00. The van der Waals surface area contributed by atoms with Gasteiger partial charge in [0, 0.05) is 0 Å². The van der Waals surface area contributed by atoms with Gasteiger partial charge in [0.1, 0.15) is 42.4 Å². The van der Waals surface area contributed by atoms with Gasteiger partial charge in [0.25, 0.3) is 0 Å². The lowest BCUT2D eigenvalue weighted by atomic mass is 9.93. The molecule has 0 amide bonds. The fourth-order valence-corrected chi connectivity index (χ4v) is 2.99. The molecule has 2 aromatic rings. The van der Waals surface area contributed by atoms with E-state index in [1.165, 1.54) is 10.8 Å². The van der Waals surface area contributed by atoms with Crippen LogP contribution in [0.4, 0.5) is 5.82 Å². The van der Waals surface area contributed by atoms with E-state index >= 15 is 0 Å². The number of hydrogen-bond acceptors (Lipinski definition) is 8. The number of carbonyl (C=O) groups is 1. The fourth-order valence-electron chi connectivity index (χ4n) is 2.99. The minimum atomic E-state index is -1.25. The smallest absolute Gasteiger partial charge is 0.308 e. The summed E-state index contributed by atoms with van der Waals surface area (Å²) in [5, 5.41) is 25.0. The highest BCUT2D eigenvalue weighted by Crippen LogP contribution is 2.40. The lowest BCUT2D eigenvalue weighted by Crippen LogP contribution is -2.39. The Kier molecular flexibility index (Phi) is 4.40. The zero-order valence-electron chi connectivity index (χ0n) is 14.3. The molecule has 25 heavy (non-hydrogen) atoms. The molecule has 4 N–H and O–H groups in total. The number of aliphatic hydroxyl groups is 2. The Morgan fingerprint density at radius 1 is 1.48 bits per heavy atom. The Balaban J connectivity index is 1.88. The maximum Gasteiger partial charge on any atom is 0.308 e. The molecule has 4 atom stereocenters. The molecule has 0 aromatic carbocycles. The number of hydrogen-bond donors (Lipinski definition) is 3. The highest BCUT2D eigenvalue weighted by molar-refractivity contribution is 5.71. The first kappa shape index (κ1) is 17.6. The monoisotopic (exact) mass is 350 g/mol. The summed E-state index contributed by atoms with van der Waals surface area (Å²) in [4.78, 5) is 15.6. The summed E-state index contributed by atoms with van der Waals surface area (Å²) in [5.41, 5.74) is 5.66. The molecule has 0 unspecified atom stereocenters. The standard InChI is InChI=1S/C16H22N4O5/c1-8(2)15(23)24-6-10-12(21)13(22)16(3,25-10)11-5-4-9-14(17)18-7-19-20(9)11/h4-5,7-8,10,12-13,21-22H,6H2,1-3H3,(H2,17,18,19)/t10-,12-,13-,16+/m1/s1. The molecule has 2 aromatic heterocycles. The van der Waals surface area contributed by atoms with Gasteiger partial charge in [-0.3, -0.25) is 4.79 Å². The number of nitrogens with two attached hydrogens (primary N) is 1. The van der Waals surface area contributed by atoms with Gasteiger partial charge in [0.05, 0.1) is 11.6 Å². The third-order valence-electron chi connectivity index (χ3n) is 4.52. The zero-order chi connectivity index (χ0) is 18.4. The molecule has 1 aliphatic rings. The average molecular weight is 350 g/mol. The van der Waals surface area contributed by atoms with Crippen molar-refractivity contribution >= 4 is 17.3 Å². The number of carbonyl (C=O) groups excluding carboxylic acids is 1. The molecule has 3 rings (SSSR count). The molecule has 0 spiro atoms. The van der Waals surface area contributed by atoms with Crippen molar-refractivity contribution < 1.29 is 24.5 Å². The van der Waals surface area contributed by atoms with Crippen LogP contribution < -0.4 is 5.73 Å². The summed E-state index contributed by atoms with van der Waals surface area (Å²) in [6.45, 7) is 4.92. The van der Waals surface area contributed by atoms with Gasteiger partial charge in [-0.05, 0) is 19.1 Å². The van der Waals surface area contributed by atoms with Crippen LogP contribution in [0, 0.1) is 5.92 Å². The first-order valence-corrected chi connectivity index (χ1v) is 8.05. The Bertz CT molecular complexity index is 792. The Morgan fingerprint density at radius 3 is 2.88 bits per heavy atom. The van der Waals surface area contributed by atoms with Gasteiger partial charge in [0.15, 0.2) is 5.82 Å². The van der Waals surface area contributed by atoms with E-state index in [2.05, 4.69) is 10.1 Å². The van der Waals surface area contributed by atoms with Crippen LogP contribution in [-0.2, 0) is 19.9 Å². The third-order valence-corrected chi connectivity index (χ3v) is 4.52. The molecule has 1 fully saturated rings. The summed E-state index contributed by atoms with van der Waals surface area (Å²) in [5.74, 6) is -0.392. The van der Waals surface area contributed by atoms with Crippen LogP contribution in [0.5, 0.6) is 0 Å².